The molecule has 7 nitrogen and oxygen atoms in total. The molecule has 2 amide bonds. The van der Waals surface area contributed by atoms with Crippen molar-refractivity contribution in [2.24, 2.45) is 0 Å². The van der Waals surface area contributed by atoms with Gasteiger partial charge in [0.25, 0.3) is 0 Å². The number of urea groups is 1. The first kappa shape index (κ1) is 21.2. The van der Waals surface area contributed by atoms with Crippen LogP contribution < -0.4 is 20.7 Å². The summed E-state index contributed by atoms with van der Waals surface area (Å²) in [5.74, 6) is 1.11. The largest absolute Gasteiger partial charge is 0.437 e. The summed E-state index contributed by atoms with van der Waals surface area (Å²) in [5.41, 5.74) is -0.552. The van der Waals surface area contributed by atoms with Crippen LogP contribution in [0.25, 0.3) is 0 Å². The van der Waals surface area contributed by atoms with Gasteiger partial charge in [-0.25, -0.2) is 14.8 Å². The molecule has 0 spiro atoms. The fourth-order valence-electron chi connectivity index (χ4n) is 2.37. The predicted molar refractivity (Wildman–Crippen MR) is 107 cm³/mol. The molecule has 30 heavy (non-hydrogen) atoms. The van der Waals surface area contributed by atoms with Gasteiger partial charge in [0, 0.05) is 24.5 Å². The van der Waals surface area contributed by atoms with Gasteiger partial charge in [0.2, 0.25) is 5.88 Å². The van der Waals surface area contributed by atoms with Crippen LogP contribution in [0.4, 0.5) is 35.2 Å². The Morgan fingerprint density at radius 1 is 1.03 bits per heavy atom. The number of nitrogens with zero attached hydrogens (tertiary/aromatic N) is 2. The van der Waals surface area contributed by atoms with Crippen molar-refractivity contribution in [1.29, 1.82) is 0 Å². The molecule has 1 heterocycles. The Labute approximate surface area is 174 Å². The van der Waals surface area contributed by atoms with Crippen molar-refractivity contribution in [3.05, 3.63) is 65.4 Å². The van der Waals surface area contributed by atoms with Crippen molar-refractivity contribution < 1.29 is 22.7 Å². The number of hydrogen-bond acceptors (Lipinski definition) is 5. The second-order valence-electron chi connectivity index (χ2n) is 5.90. The summed E-state index contributed by atoms with van der Waals surface area (Å²) >= 11 is 6.19. The summed E-state index contributed by atoms with van der Waals surface area (Å²) in [6.07, 6.45) is -3.18. The number of amides is 2. The maximum absolute atomic E-state index is 12.8. The minimum absolute atomic E-state index is 0.00234. The highest BCUT2D eigenvalue weighted by atomic mass is 35.5. The number of hydrogen-bond donors (Lipinski definition) is 3. The first-order chi connectivity index (χ1) is 14.2. The second-order valence-corrected chi connectivity index (χ2v) is 6.30. The summed E-state index contributed by atoms with van der Waals surface area (Å²) in [7, 11) is 1.70. The van der Waals surface area contributed by atoms with Gasteiger partial charge in [-0.3, -0.25) is 0 Å². The summed E-state index contributed by atoms with van der Waals surface area (Å²) in [6, 6.07) is 9.62. The summed E-state index contributed by atoms with van der Waals surface area (Å²) in [5, 5.41) is 7.87. The number of ether oxygens (including phenoxy) is 1. The molecule has 0 unspecified atom stereocenters. The molecule has 0 saturated heterocycles. The third-order valence-electron chi connectivity index (χ3n) is 3.75. The SMILES string of the molecule is CNc1cc(Oc2ccc(NC(=O)Nc3cccc(C(F)(F)F)c3)cc2Cl)ncn1. The highest BCUT2D eigenvalue weighted by molar-refractivity contribution is 6.32. The molecule has 156 valence electrons. The normalized spacial score (nSPS) is 11.0. The number of alkyl halides is 3. The molecule has 11 heteroatoms. The van der Waals surface area contributed by atoms with E-state index in [-0.39, 0.29) is 16.6 Å². The predicted octanol–water partition coefficient (Wildman–Crippen LogP) is 5.63. The van der Waals surface area contributed by atoms with E-state index in [0.29, 0.717) is 17.3 Å². The van der Waals surface area contributed by atoms with Crippen LogP contribution in [-0.4, -0.2) is 23.0 Å². The van der Waals surface area contributed by atoms with E-state index < -0.39 is 17.8 Å². The number of benzene rings is 2. The number of anilines is 3. The lowest BCUT2D eigenvalue weighted by Crippen LogP contribution is -2.19. The first-order valence-electron chi connectivity index (χ1n) is 8.47. The molecule has 2 aromatic carbocycles. The molecule has 3 N–H and O–H groups in total. The van der Waals surface area contributed by atoms with Crippen LogP contribution in [0, 0.1) is 0 Å². The Hall–Kier alpha value is -3.53. The molecule has 0 aliphatic carbocycles. The summed E-state index contributed by atoms with van der Waals surface area (Å²) in [6.45, 7) is 0. The van der Waals surface area contributed by atoms with E-state index in [9.17, 15) is 18.0 Å². The minimum atomic E-state index is -4.50. The fraction of sp³-hybridized carbons (Fsp3) is 0.105. The maximum Gasteiger partial charge on any atom is 0.416 e. The van der Waals surface area contributed by atoms with E-state index >= 15 is 0 Å². The van der Waals surface area contributed by atoms with Crippen LogP contribution in [-0.2, 0) is 6.18 Å². The van der Waals surface area contributed by atoms with E-state index in [2.05, 4.69) is 25.9 Å². The number of aromatic nitrogens is 2. The molecular weight excluding hydrogens is 423 g/mol. The summed E-state index contributed by atoms with van der Waals surface area (Å²) in [4.78, 5) is 20.0. The average Bonchev–Trinajstić information content (AvgIpc) is 2.70. The monoisotopic (exact) mass is 437 g/mol. The van der Waals surface area contributed by atoms with Gasteiger partial charge in [0.15, 0.2) is 0 Å². The van der Waals surface area contributed by atoms with Crippen LogP contribution in [0.1, 0.15) is 5.56 Å². The first-order valence-corrected chi connectivity index (χ1v) is 8.85. The van der Waals surface area contributed by atoms with Gasteiger partial charge >= 0.3 is 12.2 Å². The standard InChI is InChI=1S/C19H15ClF3N5O2/c1-24-16-9-17(26-10-25-16)30-15-6-5-13(8-14(15)20)28-18(29)27-12-4-2-3-11(7-12)19(21,22)23/h2-10H,1H3,(H,24,25,26)(H2,27,28,29). The quantitative estimate of drug-likeness (QED) is 0.481. The van der Waals surface area contributed by atoms with Gasteiger partial charge in [-0.05, 0) is 36.4 Å². The molecule has 0 aliphatic rings. The van der Waals surface area contributed by atoms with E-state index in [4.69, 9.17) is 16.3 Å². The topological polar surface area (TPSA) is 88.2 Å². The molecule has 1 aromatic heterocycles. The molecule has 0 radical (unpaired) electrons. The number of rotatable bonds is 5. The van der Waals surface area contributed by atoms with E-state index in [0.717, 1.165) is 12.1 Å². The van der Waals surface area contributed by atoms with Gasteiger partial charge in [-0.2, -0.15) is 13.2 Å². The Kier molecular flexibility index (Phi) is 6.26. The number of nitrogens with one attached hydrogen (secondary N) is 3. The van der Waals surface area contributed by atoms with Crippen molar-refractivity contribution in [2.45, 2.75) is 6.18 Å². The van der Waals surface area contributed by atoms with E-state index in [1.165, 1.54) is 36.7 Å². The minimum Gasteiger partial charge on any atom is -0.437 e. The zero-order valence-corrected chi connectivity index (χ0v) is 16.2. The lowest BCUT2D eigenvalue weighted by atomic mass is 10.2. The fourth-order valence-corrected chi connectivity index (χ4v) is 2.59. The Morgan fingerprint density at radius 2 is 1.77 bits per heavy atom. The molecular formula is C19H15ClF3N5O2. The van der Waals surface area contributed by atoms with Crippen LogP contribution in [0.5, 0.6) is 11.6 Å². The molecule has 0 saturated carbocycles. The van der Waals surface area contributed by atoms with Crippen LogP contribution in [0.3, 0.4) is 0 Å². The second kappa shape index (κ2) is 8.87. The van der Waals surface area contributed by atoms with Gasteiger partial charge in [0.1, 0.15) is 17.9 Å². The van der Waals surface area contributed by atoms with Crippen molar-refractivity contribution in [3.8, 4) is 11.6 Å². The Bertz CT molecular complexity index is 1060. The zero-order chi connectivity index (χ0) is 21.7. The lowest BCUT2D eigenvalue weighted by Gasteiger charge is -2.12. The third-order valence-corrected chi connectivity index (χ3v) is 4.05. The van der Waals surface area contributed by atoms with Crippen molar-refractivity contribution in [1.82, 2.24) is 9.97 Å². The van der Waals surface area contributed by atoms with Crippen molar-refractivity contribution in [2.75, 3.05) is 23.0 Å². The average molecular weight is 438 g/mol. The molecule has 0 fully saturated rings. The molecule has 0 bridgehead atoms. The van der Waals surface area contributed by atoms with Crippen LogP contribution in [0.2, 0.25) is 5.02 Å². The molecule has 3 rings (SSSR count). The summed E-state index contributed by atoms with van der Waals surface area (Å²) < 4.78 is 43.9. The Balaban J connectivity index is 1.66. The lowest BCUT2D eigenvalue weighted by molar-refractivity contribution is -0.137. The maximum atomic E-state index is 12.8. The van der Waals surface area contributed by atoms with E-state index in [1.807, 2.05) is 0 Å². The van der Waals surface area contributed by atoms with Gasteiger partial charge in [-0.15, -0.1) is 0 Å². The highest BCUT2D eigenvalue weighted by Crippen LogP contribution is 2.32. The molecule has 0 aliphatic heterocycles. The highest BCUT2D eigenvalue weighted by Gasteiger charge is 2.30. The Morgan fingerprint density at radius 3 is 2.43 bits per heavy atom. The van der Waals surface area contributed by atoms with Crippen LogP contribution >= 0.6 is 11.6 Å². The van der Waals surface area contributed by atoms with Gasteiger partial charge < -0.3 is 20.7 Å². The number of halogens is 4. The van der Waals surface area contributed by atoms with Gasteiger partial charge in [-0.1, -0.05) is 17.7 Å². The van der Waals surface area contributed by atoms with Crippen LogP contribution in [0.15, 0.2) is 54.9 Å². The number of carbonyl (C=O) groups excluding carboxylic acids is 1. The van der Waals surface area contributed by atoms with Gasteiger partial charge in [0.05, 0.1) is 10.6 Å². The van der Waals surface area contributed by atoms with E-state index in [1.54, 1.807) is 13.1 Å². The number of carbonyl (C=O) groups is 1. The molecule has 3 aromatic rings. The zero-order valence-electron chi connectivity index (χ0n) is 15.4. The smallest absolute Gasteiger partial charge is 0.416 e. The van der Waals surface area contributed by atoms with Crippen molar-refractivity contribution in [3.63, 3.8) is 0 Å². The van der Waals surface area contributed by atoms with Crippen molar-refractivity contribution >= 4 is 34.8 Å². The third kappa shape index (κ3) is 5.51. The molecule has 0 atom stereocenters.